The number of rotatable bonds is 4. The summed E-state index contributed by atoms with van der Waals surface area (Å²) < 4.78 is 11.4. The Morgan fingerprint density at radius 2 is 1.79 bits per heavy atom. The highest BCUT2D eigenvalue weighted by molar-refractivity contribution is 5.95. The molecule has 0 fully saturated rings. The average Bonchev–Trinajstić information content (AvgIpc) is 2.91. The second-order valence-corrected chi connectivity index (χ2v) is 8.68. The molecule has 0 spiro atoms. The van der Waals surface area contributed by atoms with Gasteiger partial charge in [-0.3, -0.25) is 0 Å². The van der Waals surface area contributed by atoms with Crippen LogP contribution < -0.4 is 4.74 Å². The van der Waals surface area contributed by atoms with Crippen LogP contribution in [0.4, 0.5) is 0 Å². The maximum Gasteiger partial charge on any atom is 0.338 e. The first-order chi connectivity index (χ1) is 13.6. The fourth-order valence-corrected chi connectivity index (χ4v) is 4.65. The Balaban J connectivity index is 1.76. The fraction of sp³-hybridized carbons (Fsp3) is 0.360. The number of carbonyl (C=O) groups excluding carboxylic acids is 2. The number of benzene rings is 1. The molecule has 2 atom stereocenters. The van der Waals surface area contributed by atoms with Gasteiger partial charge >= 0.3 is 11.9 Å². The smallest absolute Gasteiger partial charge is 0.338 e. The first-order valence-electron chi connectivity index (χ1n) is 9.98. The summed E-state index contributed by atoms with van der Waals surface area (Å²) in [4.78, 5) is 24.2. The minimum Gasteiger partial charge on any atom is -0.451 e. The van der Waals surface area contributed by atoms with Gasteiger partial charge in [-0.25, -0.2) is 9.59 Å². The van der Waals surface area contributed by atoms with Crippen LogP contribution >= 0.6 is 0 Å². The summed E-state index contributed by atoms with van der Waals surface area (Å²) in [5.74, 6) is -0.0617. The Hall–Kier alpha value is -2.88. The van der Waals surface area contributed by atoms with Crippen molar-refractivity contribution in [2.45, 2.75) is 58.5 Å². The summed E-state index contributed by atoms with van der Waals surface area (Å²) >= 11 is 0. The van der Waals surface area contributed by atoms with Crippen molar-refractivity contribution in [3.8, 4) is 5.75 Å². The van der Waals surface area contributed by atoms with Crippen molar-refractivity contribution in [1.82, 2.24) is 0 Å². The zero-order valence-electron chi connectivity index (χ0n) is 17.5. The molecular formula is C25H26O4. The SMILES string of the molecule is C=C(C)C(=O)Oc1cc2c3c(c1)C(C)C1=CC(C)(OC(=O)C(=C)C)CC(=C13)CC2. The molecule has 1 aromatic rings. The Morgan fingerprint density at radius 3 is 2.45 bits per heavy atom. The van der Waals surface area contributed by atoms with E-state index in [0.717, 1.165) is 12.8 Å². The lowest BCUT2D eigenvalue weighted by atomic mass is 9.76. The number of allylic oxidation sites excluding steroid dienone is 2. The van der Waals surface area contributed by atoms with Crippen LogP contribution in [-0.4, -0.2) is 17.5 Å². The van der Waals surface area contributed by atoms with E-state index in [-0.39, 0.29) is 11.9 Å². The van der Waals surface area contributed by atoms with Crippen molar-refractivity contribution in [3.63, 3.8) is 0 Å². The van der Waals surface area contributed by atoms with E-state index in [4.69, 9.17) is 9.47 Å². The summed E-state index contributed by atoms with van der Waals surface area (Å²) in [5, 5.41) is 0. The van der Waals surface area contributed by atoms with Crippen molar-refractivity contribution in [1.29, 1.82) is 0 Å². The van der Waals surface area contributed by atoms with Gasteiger partial charge in [-0.15, -0.1) is 0 Å². The van der Waals surface area contributed by atoms with Crippen LogP contribution in [0.25, 0.3) is 5.57 Å². The molecule has 150 valence electrons. The third kappa shape index (κ3) is 3.17. The van der Waals surface area contributed by atoms with Crippen molar-refractivity contribution >= 4 is 17.5 Å². The number of hydrogen-bond donors (Lipinski definition) is 0. The number of carbonyl (C=O) groups is 2. The fourth-order valence-electron chi connectivity index (χ4n) is 4.65. The minimum atomic E-state index is -0.673. The predicted molar refractivity (Wildman–Crippen MR) is 113 cm³/mol. The van der Waals surface area contributed by atoms with E-state index in [1.165, 1.54) is 33.4 Å². The van der Waals surface area contributed by atoms with Crippen LogP contribution in [0, 0.1) is 0 Å². The minimum absolute atomic E-state index is 0.137. The Kier molecular flexibility index (Phi) is 4.41. The second-order valence-electron chi connectivity index (χ2n) is 8.68. The van der Waals surface area contributed by atoms with Gasteiger partial charge < -0.3 is 9.47 Å². The maximum absolute atomic E-state index is 12.2. The molecule has 4 nitrogen and oxygen atoms in total. The number of ether oxygens (including phenoxy) is 2. The molecule has 3 aliphatic carbocycles. The monoisotopic (exact) mass is 390 g/mol. The normalized spacial score (nSPS) is 23.9. The summed E-state index contributed by atoms with van der Waals surface area (Å²) in [6.45, 7) is 14.8. The van der Waals surface area contributed by atoms with Crippen LogP contribution in [0.2, 0.25) is 0 Å². The summed E-state index contributed by atoms with van der Waals surface area (Å²) in [7, 11) is 0. The number of hydrogen-bond acceptors (Lipinski definition) is 4. The van der Waals surface area contributed by atoms with E-state index in [9.17, 15) is 9.59 Å². The zero-order chi connectivity index (χ0) is 21.1. The molecule has 0 amide bonds. The van der Waals surface area contributed by atoms with Crippen molar-refractivity contribution < 1.29 is 19.1 Å². The van der Waals surface area contributed by atoms with Crippen LogP contribution in [0.15, 0.2) is 53.7 Å². The molecule has 4 rings (SSSR count). The summed E-state index contributed by atoms with van der Waals surface area (Å²) in [5.41, 5.74) is 7.60. The van der Waals surface area contributed by atoms with Crippen LogP contribution in [0.5, 0.6) is 5.75 Å². The largest absolute Gasteiger partial charge is 0.451 e. The van der Waals surface area contributed by atoms with E-state index in [1.807, 2.05) is 19.1 Å². The van der Waals surface area contributed by atoms with Crippen LogP contribution in [0.3, 0.4) is 0 Å². The Bertz CT molecular complexity index is 1050. The predicted octanol–water partition coefficient (Wildman–Crippen LogP) is 5.19. The molecule has 0 saturated carbocycles. The van der Waals surface area contributed by atoms with Gasteiger partial charge in [0.2, 0.25) is 0 Å². The molecule has 4 heteroatoms. The zero-order valence-corrected chi connectivity index (χ0v) is 17.5. The number of aryl methyl sites for hydroxylation is 1. The molecule has 2 unspecified atom stereocenters. The second kappa shape index (κ2) is 6.58. The quantitative estimate of drug-likeness (QED) is 0.403. The van der Waals surface area contributed by atoms with Gasteiger partial charge in [0.15, 0.2) is 0 Å². The molecule has 0 heterocycles. The van der Waals surface area contributed by atoms with Crippen molar-refractivity contribution in [2.24, 2.45) is 0 Å². The molecule has 0 radical (unpaired) electrons. The van der Waals surface area contributed by atoms with Gasteiger partial charge in [-0.2, -0.15) is 0 Å². The molecule has 0 aromatic heterocycles. The van der Waals surface area contributed by atoms with Gasteiger partial charge in [0.1, 0.15) is 11.4 Å². The molecule has 0 aliphatic heterocycles. The molecule has 29 heavy (non-hydrogen) atoms. The molecule has 0 bridgehead atoms. The van der Waals surface area contributed by atoms with Crippen LogP contribution in [-0.2, 0) is 20.7 Å². The molecule has 0 N–H and O–H groups in total. The standard InChI is InChI=1S/C25H26O4/c1-13(2)23(26)28-18-9-16-7-8-17-11-25(6,29-24(27)14(3)4)12-20-15(5)19(10-18)21(16)22(17)20/h9-10,12,15H,1,3,7-8,11H2,2,4-6H3. The van der Waals surface area contributed by atoms with Gasteiger partial charge in [-0.05, 0) is 79.7 Å². The topological polar surface area (TPSA) is 52.6 Å². The third-order valence-electron chi connectivity index (χ3n) is 6.00. The first-order valence-corrected chi connectivity index (χ1v) is 9.98. The lowest BCUT2D eigenvalue weighted by molar-refractivity contribution is -0.148. The Morgan fingerprint density at radius 1 is 1.10 bits per heavy atom. The summed E-state index contributed by atoms with van der Waals surface area (Å²) in [6.07, 6.45) is 4.59. The van der Waals surface area contributed by atoms with Gasteiger partial charge in [-0.1, -0.05) is 25.7 Å². The first kappa shape index (κ1) is 19.4. The molecular weight excluding hydrogens is 364 g/mol. The van der Waals surface area contributed by atoms with E-state index in [0.29, 0.717) is 23.3 Å². The van der Waals surface area contributed by atoms with Crippen molar-refractivity contribution in [3.05, 3.63) is 70.3 Å². The summed E-state index contributed by atoms with van der Waals surface area (Å²) in [6, 6.07) is 3.95. The number of esters is 2. The lowest BCUT2D eigenvalue weighted by Crippen LogP contribution is -2.33. The molecule has 1 aromatic carbocycles. The highest BCUT2D eigenvalue weighted by atomic mass is 16.6. The van der Waals surface area contributed by atoms with E-state index in [2.05, 4.69) is 26.2 Å². The van der Waals surface area contributed by atoms with Gasteiger partial charge in [0.25, 0.3) is 0 Å². The van der Waals surface area contributed by atoms with Gasteiger partial charge in [0, 0.05) is 23.5 Å². The van der Waals surface area contributed by atoms with E-state index < -0.39 is 11.6 Å². The third-order valence-corrected chi connectivity index (χ3v) is 6.00. The molecule has 3 aliphatic rings. The van der Waals surface area contributed by atoms with Gasteiger partial charge in [0.05, 0.1) is 0 Å². The molecule has 0 saturated heterocycles. The van der Waals surface area contributed by atoms with Crippen molar-refractivity contribution in [2.75, 3.05) is 0 Å². The Labute approximate surface area is 171 Å². The maximum atomic E-state index is 12.2. The highest BCUT2D eigenvalue weighted by Gasteiger charge is 2.43. The average molecular weight is 390 g/mol. The lowest BCUT2D eigenvalue weighted by Gasteiger charge is -2.35. The van der Waals surface area contributed by atoms with E-state index >= 15 is 0 Å². The highest BCUT2D eigenvalue weighted by Crippen LogP contribution is 2.56. The van der Waals surface area contributed by atoms with E-state index in [1.54, 1.807) is 13.8 Å². The van der Waals surface area contributed by atoms with Crippen LogP contribution in [0.1, 0.15) is 63.1 Å².